The highest BCUT2D eigenvalue weighted by Crippen LogP contribution is 2.37. The Morgan fingerprint density at radius 2 is 2.00 bits per heavy atom. The lowest BCUT2D eigenvalue weighted by molar-refractivity contribution is -0.143. The summed E-state index contributed by atoms with van der Waals surface area (Å²) in [7, 11) is 1.89. The van der Waals surface area contributed by atoms with E-state index in [0.29, 0.717) is 12.1 Å². The van der Waals surface area contributed by atoms with Gasteiger partial charge in [-0.25, -0.2) is 4.68 Å². The molecule has 5 nitrogen and oxygen atoms in total. The molecule has 122 valence electrons. The van der Waals surface area contributed by atoms with Gasteiger partial charge in [-0.2, -0.15) is 18.3 Å². The molecule has 1 aliphatic rings. The summed E-state index contributed by atoms with van der Waals surface area (Å²) in [4.78, 5) is 13.3. The Bertz CT molecular complexity index is 767. The number of hydrogen-bond donors (Lipinski definition) is 1. The quantitative estimate of drug-likeness (QED) is 0.922. The van der Waals surface area contributed by atoms with E-state index in [1.807, 2.05) is 18.0 Å². The summed E-state index contributed by atoms with van der Waals surface area (Å²) in [5, 5.41) is 3.78. The Kier molecular flexibility index (Phi) is 3.54. The molecular formula is C15H15F3N4O. The van der Waals surface area contributed by atoms with Crippen molar-refractivity contribution in [2.24, 2.45) is 5.73 Å². The van der Waals surface area contributed by atoms with Crippen molar-refractivity contribution in [2.75, 3.05) is 18.5 Å². The number of halogens is 3. The zero-order chi connectivity index (χ0) is 16.8. The van der Waals surface area contributed by atoms with Crippen molar-refractivity contribution in [1.82, 2.24) is 9.78 Å². The van der Waals surface area contributed by atoms with Crippen LogP contribution in [0.25, 0.3) is 5.69 Å². The van der Waals surface area contributed by atoms with Crippen LogP contribution in [0.1, 0.15) is 28.0 Å². The van der Waals surface area contributed by atoms with Crippen LogP contribution in [-0.2, 0) is 12.6 Å². The third kappa shape index (κ3) is 2.54. The van der Waals surface area contributed by atoms with E-state index >= 15 is 0 Å². The fraction of sp³-hybridized carbons (Fsp3) is 0.333. The average Bonchev–Trinajstić information content (AvgIpc) is 2.92. The van der Waals surface area contributed by atoms with Gasteiger partial charge < -0.3 is 10.6 Å². The van der Waals surface area contributed by atoms with Gasteiger partial charge in [0.05, 0.1) is 17.4 Å². The Balaban J connectivity index is 2.25. The van der Waals surface area contributed by atoms with E-state index in [1.165, 1.54) is 0 Å². The van der Waals surface area contributed by atoms with E-state index < -0.39 is 23.3 Å². The van der Waals surface area contributed by atoms with E-state index in [4.69, 9.17) is 5.73 Å². The molecule has 23 heavy (non-hydrogen) atoms. The Hall–Kier alpha value is -2.51. The predicted octanol–water partition coefficient (Wildman–Crippen LogP) is 2.37. The van der Waals surface area contributed by atoms with Crippen molar-refractivity contribution >= 4 is 11.6 Å². The third-order valence-electron chi connectivity index (χ3n) is 3.99. The van der Waals surface area contributed by atoms with E-state index in [9.17, 15) is 18.0 Å². The highest BCUT2D eigenvalue weighted by Gasteiger charge is 2.40. The van der Waals surface area contributed by atoms with Crippen LogP contribution in [0, 0.1) is 0 Å². The van der Waals surface area contributed by atoms with Gasteiger partial charge in [-0.3, -0.25) is 4.79 Å². The SMILES string of the molecule is CN1CCCc2c1cccc2-n1ncc(C(N)=O)c1C(F)(F)F. The van der Waals surface area contributed by atoms with Crippen LogP contribution in [0.15, 0.2) is 24.4 Å². The molecule has 0 atom stereocenters. The van der Waals surface area contributed by atoms with E-state index in [0.717, 1.165) is 35.1 Å². The van der Waals surface area contributed by atoms with Crippen LogP contribution in [0.4, 0.5) is 18.9 Å². The number of primary amides is 1. The van der Waals surface area contributed by atoms with Crippen LogP contribution in [0.5, 0.6) is 0 Å². The number of carbonyl (C=O) groups excluding carboxylic acids is 1. The van der Waals surface area contributed by atoms with Crippen LogP contribution in [-0.4, -0.2) is 29.3 Å². The summed E-state index contributed by atoms with van der Waals surface area (Å²) < 4.78 is 41.0. The second-order valence-electron chi connectivity index (χ2n) is 5.48. The average molecular weight is 324 g/mol. The van der Waals surface area contributed by atoms with Gasteiger partial charge in [-0.15, -0.1) is 0 Å². The van der Waals surface area contributed by atoms with E-state index in [2.05, 4.69) is 5.10 Å². The van der Waals surface area contributed by atoms with Gasteiger partial charge in [0, 0.05) is 24.8 Å². The van der Waals surface area contributed by atoms with E-state index in [-0.39, 0.29) is 0 Å². The molecule has 0 saturated heterocycles. The molecule has 1 aliphatic heterocycles. The number of amides is 1. The summed E-state index contributed by atoms with van der Waals surface area (Å²) in [5.74, 6) is -1.15. The lowest BCUT2D eigenvalue weighted by Crippen LogP contribution is -2.26. The van der Waals surface area contributed by atoms with Gasteiger partial charge in [-0.1, -0.05) is 6.07 Å². The Labute approximate surface area is 130 Å². The minimum Gasteiger partial charge on any atom is -0.374 e. The molecule has 1 aromatic carbocycles. The zero-order valence-electron chi connectivity index (χ0n) is 12.4. The number of anilines is 1. The summed E-state index contributed by atoms with van der Waals surface area (Å²) in [6, 6.07) is 5.12. The molecule has 3 rings (SSSR count). The zero-order valence-corrected chi connectivity index (χ0v) is 12.4. The summed E-state index contributed by atoms with van der Waals surface area (Å²) in [5.41, 5.74) is 5.29. The molecule has 2 heterocycles. The summed E-state index contributed by atoms with van der Waals surface area (Å²) in [6.07, 6.45) is -2.37. The highest BCUT2D eigenvalue weighted by atomic mass is 19.4. The topological polar surface area (TPSA) is 64.2 Å². The standard InChI is InChI=1S/C15H15F3N4O/c1-21-7-3-4-9-11(21)5-2-6-12(9)22-13(15(16,17)18)10(8-20-22)14(19)23/h2,5-6,8H,3-4,7H2,1H3,(H2,19,23). The summed E-state index contributed by atoms with van der Waals surface area (Å²) >= 11 is 0. The van der Waals surface area contributed by atoms with Crippen molar-refractivity contribution < 1.29 is 18.0 Å². The molecule has 0 fully saturated rings. The monoisotopic (exact) mass is 324 g/mol. The molecule has 0 saturated carbocycles. The first-order valence-electron chi connectivity index (χ1n) is 7.09. The molecule has 2 N–H and O–H groups in total. The van der Waals surface area contributed by atoms with E-state index in [1.54, 1.807) is 12.1 Å². The number of alkyl halides is 3. The first-order chi connectivity index (χ1) is 10.8. The number of carbonyl (C=O) groups is 1. The molecule has 0 aliphatic carbocycles. The molecular weight excluding hydrogens is 309 g/mol. The van der Waals surface area contributed by atoms with Crippen molar-refractivity contribution in [3.05, 3.63) is 41.2 Å². The van der Waals surface area contributed by atoms with Gasteiger partial charge in [-0.05, 0) is 25.0 Å². The summed E-state index contributed by atoms with van der Waals surface area (Å²) in [6.45, 7) is 0.841. The fourth-order valence-electron chi connectivity index (χ4n) is 2.97. The maximum atomic E-state index is 13.4. The van der Waals surface area contributed by atoms with Crippen molar-refractivity contribution in [1.29, 1.82) is 0 Å². The maximum absolute atomic E-state index is 13.4. The molecule has 0 bridgehead atoms. The Morgan fingerprint density at radius 1 is 1.30 bits per heavy atom. The molecule has 0 radical (unpaired) electrons. The van der Waals surface area contributed by atoms with Gasteiger partial charge >= 0.3 is 6.18 Å². The minimum atomic E-state index is -4.73. The van der Waals surface area contributed by atoms with Crippen molar-refractivity contribution in [3.63, 3.8) is 0 Å². The largest absolute Gasteiger partial charge is 0.434 e. The number of rotatable bonds is 2. The predicted molar refractivity (Wildman–Crippen MR) is 78.7 cm³/mol. The second kappa shape index (κ2) is 5.29. The molecule has 0 spiro atoms. The number of benzene rings is 1. The minimum absolute atomic E-state index is 0.328. The molecule has 2 aromatic rings. The molecule has 1 amide bonds. The molecule has 8 heteroatoms. The van der Waals surface area contributed by atoms with Gasteiger partial charge in [0.1, 0.15) is 0 Å². The number of nitrogens with two attached hydrogens (primary N) is 1. The number of fused-ring (bicyclic) bond motifs is 1. The normalized spacial score (nSPS) is 14.7. The lowest BCUT2D eigenvalue weighted by Gasteiger charge is -2.29. The second-order valence-corrected chi connectivity index (χ2v) is 5.48. The highest BCUT2D eigenvalue weighted by molar-refractivity contribution is 5.94. The van der Waals surface area contributed by atoms with Crippen molar-refractivity contribution in [2.45, 2.75) is 19.0 Å². The van der Waals surface area contributed by atoms with Crippen LogP contribution in [0.2, 0.25) is 0 Å². The molecule has 0 unspecified atom stereocenters. The Morgan fingerprint density at radius 3 is 2.65 bits per heavy atom. The van der Waals surface area contributed by atoms with Gasteiger partial charge in [0.25, 0.3) is 5.91 Å². The smallest absolute Gasteiger partial charge is 0.374 e. The van der Waals surface area contributed by atoms with Gasteiger partial charge in [0.15, 0.2) is 5.69 Å². The number of nitrogens with zero attached hydrogens (tertiary/aromatic N) is 3. The van der Waals surface area contributed by atoms with Crippen molar-refractivity contribution in [3.8, 4) is 5.69 Å². The van der Waals surface area contributed by atoms with Gasteiger partial charge in [0.2, 0.25) is 0 Å². The lowest BCUT2D eigenvalue weighted by atomic mass is 10.00. The number of aromatic nitrogens is 2. The molecule has 1 aromatic heterocycles. The van der Waals surface area contributed by atoms with Crippen LogP contribution >= 0.6 is 0 Å². The number of hydrogen-bond acceptors (Lipinski definition) is 3. The van der Waals surface area contributed by atoms with Crippen LogP contribution in [0.3, 0.4) is 0 Å². The first-order valence-corrected chi connectivity index (χ1v) is 7.09. The van der Waals surface area contributed by atoms with Crippen LogP contribution < -0.4 is 10.6 Å². The maximum Gasteiger partial charge on any atom is 0.434 e. The fourth-order valence-corrected chi connectivity index (χ4v) is 2.97. The first kappa shape index (κ1) is 15.4. The third-order valence-corrected chi connectivity index (χ3v) is 3.99.